The van der Waals surface area contributed by atoms with Crippen LogP contribution in [0.15, 0.2) is 30.8 Å². The molecule has 2 aliphatic rings. The van der Waals surface area contributed by atoms with Gasteiger partial charge in [-0.05, 0) is 31.2 Å². The molecule has 17 heavy (non-hydrogen) atoms. The SMILES string of the molecule is C=C(c1ccccc1C)N1CC2(CC(C)C2)C1. The molecule has 0 atom stereocenters. The highest BCUT2D eigenvalue weighted by atomic mass is 15.2. The molecule has 0 N–H and O–H groups in total. The van der Waals surface area contributed by atoms with Gasteiger partial charge in [-0.1, -0.05) is 37.8 Å². The van der Waals surface area contributed by atoms with Gasteiger partial charge in [0.15, 0.2) is 0 Å². The summed E-state index contributed by atoms with van der Waals surface area (Å²) in [6, 6.07) is 8.55. The van der Waals surface area contributed by atoms with Crippen molar-refractivity contribution in [2.24, 2.45) is 11.3 Å². The zero-order valence-electron chi connectivity index (χ0n) is 10.9. The van der Waals surface area contributed by atoms with Gasteiger partial charge in [-0.3, -0.25) is 0 Å². The molecular weight excluding hydrogens is 206 g/mol. The zero-order valence-corrected chi connectivity index (χ0v) is 10.9. The largest absolute Gasteiger partial charge is 0.370 e. The molecule has 90 valence electrons. The lowest BCUT2D eigenvalue weighted by Crippen LogP contribution is -2.60. The van der Waals surface area contributed by atoms with Crippen LogP contribution < -0.4 is 0 Å². The van der Waals surface area contributed by atoms with Crippen LogP contribution in [0.25, 0.3) is 5.70 Å². The van der Waals surface area contributed by atoms with Crippen molar-refractivity contribution < 1.29 is 0 Å². The first-order valence-corrected chi connectivity index (χ1v) is 6.60. The number of hydrogen-bond acceptors (Lipinski definition) is 1. The Kier molecular flexibility index (Phi) is 2.32. The van der Waals surface area contributed by atoms with Crippen LogP contribution in [0.4, 0.5) is 0 Å². The molecule has 1 spiro atoms. The molecule has 1 nitrogen and oxygen atoms in total. The summed E-state index contributed by atoms with van der Waals surface area (Å²) in [7, 11) is 0. The summed E-state index contributed by atoms with van der Waals surface area (Å²) < 4.78 is 0. The Bertz CT molecular complexity index is 446. The molecule has 1 aliphatic carbocycles. The summed E-state index contributed by atoms with van der Waals surface area (Å²) in [5.41, 5.74) is 4.52. The van der Waals surface area contributed by atoms with Crippen molar-refractivity contribution in [2.45, 2.75) is 26.7 Å². The van der Waals surface area contributed by atoms with E-state index in [1.54, 1.807) is 0 Å². The number of aryl methyl sites for hydroxylation is 1. The van der Waals surface area contributed by atoms with E-state index in [1.165, 1.54) is 42.8 Å². The molecule has 1 aromatic rings. The van der Waals surface area contributed by atoms with E-state index < -0.39 is 0 Å². The van der Waals surface area contributed by atoms with Gasteiger partial charge in [0.1, 0.15) is 0 Å². The molecular formula is C16H21N. The van der Waals surface area contributed by atoms with E-state index in [9.17, 15) is 0 Å². The number of rotatable bonds is 2. The normalized spacial score (nSPS) is 22.1. The molecule has 1 aromatic carbocycles. The number of likely N-dealkylation sites (tertiary alicyclic amines) is 1. The van der Waals surface area contributed by atoms with E-state index in [-0.39, 0.29) is 0 Å². The third kappa shape index (κ3) is 1.69. The van der Waals surface area contributed by atoms with Crippen molar-refractivity contribution in [3.05, 3.63) is 42.0 Å². The summed E-state index contributed by atoms with van der Waals surface area (Å²) in [6.45, 7) is 11.3. The molecule has 2 fully saturated rings. The Labute approximate surface area is 104 Å². The Morgan fingerprint density at radius 1 is 1.29 bits per heavy atom. The van der Waals surface area contributed by atoms with Crippen molar-refractivity contribution in [3.63, 3.8) is 0 Å². The Balaban J connectivity index is 1.68. The van der Waals surface area contributed by atoms with Gasteiger partial charge in [0.25, 0.3) is 0 Å². The Morgan fingerprint density at radius 2 is 1.94 bits per heavy atom. The molecule has 1 saturated carbocycles. The van der Waals surface area contributed by atoms with Crippen molar-refractivity contribution in [3.8, 4) is 0 Å². The molecule has 1 saturated heterocycles. The fourth-order valence-corrected chi connectivity index (χ4v) is 3.70. The molecule has 0 aromatic heterocycles. The van der Waals surface area contributed by atoms with E-state index in [0.29, 0.717) is 5.41 Å². The minimum atomic E-state index is 0.658. The van der Waals surface area contributed by atoms with Crippen LogP contribution in [0.1, 0.15) is 30.9 Å². The predicted octanol–water partition coefficient (Wildman–Crippen LogP) is 3.70. The summed E-state index contributed by atoms with van der Waals surface area (Å²) in [4.78, 5) is 2.45. The van der Waals surface area contributed by atoms with E-state index in [0.717, 1.165) is 5.92 Å². The standard InChI is InChI=1S/C16H21N/c1-12-8-16(9-12)10-17(11-16)14(3)15-7-5-4-6-13(15)2/h4-7,12H,3,8-11H2,1-2H3. The molecule has 0 radical (unpaired) electrons. The topological polar surface area (TPSA) is 3.24 Å². The average molecular weight is 227 g/mol. The van der Waals surface area contributed by atoms with Crippen LogP contribution in [0.2, 0.25) is 0 Å². The van der Waals surface area contributed by atoms with Crippen LogP contribution in [0.5, 0.6) is 0 Å². The molecule has 1 aliphatic heterocycles. The lowest BCUT2D eigenvalue weighted by molar-refractivity contribution is -0.0587. The van der Waals surface area contributed by atoms with E-state index in [2.05, 4.69) is 49.6 Å². The number of hydrogen-bond donors (Lipinski definition) is 0. The number of nitrogens with zero attached hydrogens (tertiary/aromatic N) is 1. The van der Waals surface area contributed by atoms with Gasteiger partial charge in [-0.25, -0.2) is 0 Å². The lowest BCUT2D eigenvalue weighted by Gasteiger charge is -2.60. The van der Waals surface area contributed by atoms with E-state index >= 15 is 0 Å². The van der Waals surface area contributed by atoms with Crippen LogP contribution in [0, 0.1) is 18.3 Å². The predicted molar refractivity (Wildman–Crippen MR) is 72.6 cm³/mol. The van der Waals surface area contributed by atoms with Crippen LogP contribution in [-0.4, -0.2) is 18.0 Å². The monoisotopic (exact) mass is 227 g/mol. The highest BCUT2D eigenvalue weighted by Crippen LogP contribution is 2.53. The third-order valence-electron chi connectivity index (χ3n) is 4.45. The summed E-state index contributed by atoms with van der Waals surface area (Å²) in [6.07, 6.45) is 2.84. The zero-order chi connectivity index (χ0) is 12.0. The first-order valence-electron chi connectivity index (χ1n) is 6.60. The maximum absolute atomic E-state index is 4.28. The van der Waals surface area contributed by atoms with Crippen LogP contribution in [0.3, 0.4) is 0 Å². The second-order valence-electron chi connectivity index (χ2n) is 6.13. The van der Waals surface area contributed by atoms with Gasteiger partial charge in [0, 0.05) is 29.8 Å². The fraction of sp³-hybridized carbons (Fsp3) is 0.500. The van der Waals surface area contributed by atoms with Crippen LogP contribution >= 0.6 is 0 Å². The highest BCUT2D eigenvalue weighted by molar-refractivity contribution is 5.65. The molecule has 1 heterocycles. The smallest absolute Gasteiger partial charge is 0.0369 e. The minimum Gasteiger partial charge on any atom is -0.370 e. The molecule has 1 heteroatoms. The van der Waals surface area contributed by atoms with Gasteiger partial charge in [0.2, 0.25) is 0 Å². The van der Waals surface area contributed by atoms with Crippen molar-refractivity contribution in [2.75, 3.05) is 13.1 Å². The highest BCUT2D eigenvalue weighted by Gasteiger charge is 2.50. The quantitative estimate of drug-likeness (QED) is 0.744. The van der Waals surface area contributed by atoms with E-state index in [4.69, 9.17) is 0 Å². The first kappa shape index (κ1) is 10.9. The summed E-state index contributed by atoms with van der Waals surface area (Å²) in [5.74, 6) is 0.948. The second-order valence-corrected chi connectivity index (χ2v) is 6.13. The minimum absolute atomic E-state index is 0.658. The van der Waals surface area contributed by atoms with Crippen LogP contribution in [-0.2, 0) is 0 Å². The second kappa shape index (κ2) is 3.63. The van der Waals surface area contributed by atoms with E-state index in [1.807, 2.05) is 0 Å². The van der Waals surface area contributed by atoms with Gasteiger partial charge in [0.05, 0.1) is 0 Å². The summed E-state index contributed by atoms with van der Waals surface area (Å²) in [5, 5.41) is 0. The Hall–Kier alpha value is -1.24. The fourth-order valence-electron chi connectivity index (χ4n) is 3.70. The lowest BCUT2D eigenvalue weighted by atomic mass is 9.58. The van der Waals surface area contributed by atoms with Gasteiger partial charge >= 0.3 is 0 Å². The third-order valence-corrected chi connectivity index (χ3v) is 4.45. The maximum atomic E-state index is 4.28. The molecule has 0 unspecified atom stereocenters. The van der Waals surface area contributed by atoms with Crippen molar-refractivity contribution in [1.29, 1.82) is 0 Å². The van der Waals surface area contributed by atoms with Gasteiger partial charge in [-0.2, -0.15) is 0 Å². The first-order chi connectivity index (χ1) is 8.10. The van der Waals surface area contributed by atoms with Crippen molar-refractivity contribution >= 4 is 5.70 Å². The van der Waals surface area contributed by atoms with Gasteiger partial charge in [-0.15, -0.1) is 0 Å². The average Bonchev–Trinajstić information content (AvgIpc) is 2.21. The van der Waals surface area contributed by atoms with Crippen molar-refractivity contribution in [1.82, 2.24) is 4.90 Å². The Morgan fingerprint density at radius 3 is 2.53 bits per heavy atom. The number of benzene rings is 1. The van der Waals surface area contributed by atoms with Gasteiger partial charge < -0.3 is 4.90 Å². The summed E-state index contributed by atoms with van der Waals surface area (Å²) >= 11 is 0. The molecule has 0 bridgehead atoms. The maximum Gasteiger partial charge on any atom is 0.0369 e. The molecule has 3 rings (SSSR count). The molecule has 0 amide bonds.